The standard InChI is InChI=1S/C30H25ClF2N4O4/c1-17(39)23-14-36(26-10-9-19(34-16-38)12-22(23)26)15-28(40)37-13-18(32)11-27(37)30(41)35-25-8-4-6-21(29(25)33)20-5-2-3-7-24(20)31/h2-10,12,14,17-18,27,39H,11,13,15H2,1H3,(H,35,41)/t17?,18-,27+/m1/s1. The van der Waals surface area contributed by atoms with Gasteiger partial charge in [-0.15, -0.1) is 0 Å². The molecule has 1 aliphatic rings. The van der Waals surface area contributed by atoms with Crippen molar-refractivity contribution < 1.29 is 28.3 Å². The molecule has 3 atom stereocenters. The molecule has 41 heavy (non-hydrogen) atoms. The Labute approximate surface area is 238 Å². The number of alkyl halides is 1. The number of likely N-dealkylation sites (tertiary alicyclic amines) is 1. The number of carbonyl (C=O) groups excluding carboxylic acids is 3. The molecule has 0 aliphatic carbocycles. The molecule has 1 aliphatic heterocycles. The first-order valence-corrected chi connectivity index (χ1v) is 13.2. The zero-order valence-electron chi connectivity index (χ0n) is 21.9. The van der Waals surface area contributed by atoms with Crippen LogP contribution >= 0.6 is 11.6 Å². The van der Waals surface area contributed by atoms with Crippen molar-refractivity contribution >= 4 is 51.8 Å². The Kier molecular flexibility index (Phi) is 7.99. The predicted molar refractivity (Wildman–Crippen MR) is 151 cm³/mol. The van der Waals surface area contributed by atoms with E-state index >= 15 is 4.39 Å². The number of carbonyl (C=O) groups is 2. The zero-order chi connectivity index (χ0) is 29.3. The first kappa shape index (κ1) is 28.2. The molecule has 1 unspecified atom stereocenters. The number of aliphatic hydroxyl groups excluding tert-OH is 1. The summed E-state index contributed by atoms with van der Waals surface area (Å²) in [7, 11) is 0. The third-order valence-corrected chi connectivity index (χ3v) is 7.45. The van der Waals surface area contributed by atoms with E-state index in [1.807, 2.05) is 0 Å². The molecule has 0 radical (unpaired) electrons. The minimum absolute atomic E-state index is 0.117. The highest BCUT2D eigenvalue weighted by Crippen LogP contribution is 2.34. The number of rotatable bonds is 7. The topological polar surface area (TPSA) is 104 Å². The van der Waals surface area contributed by atoms with Gasteiger partial charge in [-0.1, -0.05) is 41.9 Å². The number of fused-ring (bicyclic) bond motifs is 1. The summed E-state index contributed by atoms with van der Waals surface area (Å²) < 4.78 is 31.6. The molecule has 210 valence electrons. The van der Waals surface area contributed by atoms with Crippen LogP contribution in [-0.2, 0) is 20.9 Å². The maximum atomic E-state index is 15.4. The molecule has 1 aromatic heterocycles. The summed E-state index contributed by atoms with van der Waals surface area (Å²) in [4.78, 5) is 42.1. The van der Waals surface area contributed by atoms with E-state index in [2.05, 4.69) is 10.3 Å². The normalized spacial score (nSPS) is 17.3. The Morgan fingerprint density at radius 2 is 1.93 bits per heavy atom. The van der Waals surface area contributed by atoms with Gasteiger partial charge in [0.1, 0.15) is 18.8 Å². The molecule has 0 saturated carbocycles. The van der Waals surface area contributed by atoms with Crippen LogP contribution in [-0.4, -0.2) is 51.2 Å². The summed E-state index contributed by atoms with van der Waals surface area (Å²) in [5.74, 6) is -1.95. The second kappa shape index (κ2) is 11.6. The summed E-state index contributed by atoms with van der Waals surface area (Å²) in [6.07, 6.45) is 0.502. The van der Waals surface area contributed by atoms with Crippen LogP contribution in [0.25, 0.3) is 22.0 Å². The summed E-state index contributed by atoms with van der Waals surface area (Å²) in [6, 6.07) is 14.8. The van der Waals surface area contributed by atoms with Crippen molar-refractivity contribution in [1.29, 1.82) is 0 Å². The van der Waals surface area contributed by atoms with E-state index < -0.39 is 35.9 Å². The lowest BCUT2D eigenvalue weighted by molar-refractivity contribution is -0.137. The van der Waals surface area contributed by atoms with Gasteiger partial charge >= 0.3 is 0 Å². The fourth-order valence-electron chi connectivity index (χ4n) is 5.18. The number of benzene rings is 3. The maximum absolute atomic E-state index is 15.4. The van der Waals surface area contributed by atoms with Crippen LogP contribution in [0.3, 0.4) is 0 Å². The first-order valence-electron chi connectivity index (χ1n) is 12.8. The highest BCUT2D eigenvalue weighted by Gasteiger charge is 2.40. The summed E-state index contributed by atoms with van der Waals surface area (Å²) in [5.41, 5.74) is 1.93. The molecule has 2 heterocycles. The van der Waals surface area contributed by atoms with Crippen LogP contribution in [0.5, 0.6) is 0 Å². The van der Waals surface area contributed by atoms with Gasteiger partial charge in [-0.25, -0.2) is 13.6 Å². The second-order valence-corrected chi connectivity index (χ2v) is 10.2. The van der Waals surface area contributed by atoms with Crippen molar-refractivity contribution in [1.82, 2.24) is 9.47 Å². The number of amides is 2. The van der Waals surface area contributed by atoms with Gasteiger partial charge in [0.25, 0.3) is 0 Å². The number of hydrogen-bond acceptors (Lipinski definition) is 5. The lowest BCUT2D eigenvalue weighted by atomic mass is 10.0. The summed E-state index contributed by atoms with van der Waals surface area (Å²) >= 11 is 6.23. The largest absolute Gasteiger partial charge is 0.389 e. The number of aliphatic imine (C=N–C) groups is 1. The fraction of sp³-hybridized carbons (Fsp3) is 0.233. The Hall–Kier alpha value is -4.37. The van der Waals surface area contributed by atoms with Gasteiger partial charge < -0.3 is 19.9 Å². The smallest absolute Gasteiger partial charge is 0.247 e. The summed E-state index contributed by atoms with van der Waals surface area (Å²) in [5, 5.41) is 13.7. The number of halogens is 3. The van der Waals surface area contributed by atoms with E-state index in [1.54, 1.807) is 66.2 Å². The van der Waals surface area contributed by atoms with E-state index in [0.29, 0.717) is 32.7 Å². The van der Waals surface area contributed by atoms with E-state index in [1.165, 1.54) is 18.2 Å². The van der Waals surface area contributed by atoms with Gasteiger partial charge in [-0.3, -0.25) is 9.59 Å². The predicted octanol–water partition coefficient (Wildman–Crippen LogP) is 5.70. The van der Waals surface area contributed by atoms with Crippen molar-refractivity contribution in [2.24, 2.45) is 4.99 Å². The molecule has 5 rings (SSSR count). The van der Waals surface area contributed by atoms with Gasteiger partial charge in [0, 0.05) is 45.2 Å². The molecular formula is C30H25ClF2N4O4. The molecule has 2 amide bonds. The molecule has 8 nitrogen and oxygen atoms in total. The number of anilines is 1. The third-order valence-electron chi connectivity index (χ3n) is 7.12. The third kappa shape index (κ3) is 5.63. The molecule has 1 saturated heterocycles. The molecular weight excluding hydrogens is 554 g/mol. The summed E-state index contributed by atoms with van der Waals surface area (Å²) in [6.45, 7) is 1.02. The second-order valence-electron chi connectivity index (χ2n) is 9.82. The average Bonchev–Trinajstić information content (AvgIpc) is 3.51. The minimum atomic E-state index is -1.44. The number of nitrogens with one attached hydrogen (secondary N) is 1. The van der Waals surface area contributed by atoms with E-state index in [-0.39, 0.29) is 30.8 Å². The number of nitrogens with zero attached hydrogens (tertiary/aromatic N) is 3. The van der Waals surface area contributed by atoms with Crippen LogP contribution in [0.4, 0.5) is 20.2 Å². The number of aliphatic hydroxyl groups is 1. The zero-order valence-corrected chi connectivity index (χ0v) is 22.6. The lowest BCUT2D eigenvalue weighted by Crippen LogP contribution is -2.44. The van der Waals surface area contributed by atoms with Gasteiger partial charge in [0.15, 0.2) is 5.82 Å². The van der Waals surface area contributed by atoms with Crippen LogP contribution in [0.15, 0.2) is 71.9 Å². The Morgan fingerprint density at radius 3 is 2.66 bits per heavy atom. The van der Waals surface area contributed by atoms with E-state index in [0.717, 1.165) is 4.90 Å². The Morgan fingerprint density at radius 1 is 1.17 bits per heavy atom. The molecule has 3 aromatic carbocycles. The van der Waals surface area contributed by atoms with Crippen LogP contribution in [0.1, 0.15) is 25.0 Å². The van der Waals surface area contributed by atoms with Gasteiger partial charge in [-0.2, -0.15) is 4.99 Å². The monoisotopic (exact) mass is 578 g/mol. The van der Waals surface area contributed by atoms with Gasteiger partial charge in [0.2, 0.25) is 17.9 Å². The molecule has 11 heteroatoms. The molecule has 0 spiro atoms. The number of hydrogen-bond donors (Lipinski definition) is 2. The van der Waals surface area contributed by atoms with Crippen molar-refractivity contribution in [2.45, 2.75) is 38.2 Å². The van der Waals surface area contributed by atoms with Gasteiger partial charge in [0.05, 0.1) is 24.0 Å². The Balaban J connectivity index is 1.39. The number of aromatic nitrogens is 1. The van der Waals surface area contributed by atoms with Crippen LogP contribution in [0.2, 0.25) is 5.02 Å². The molecule has 4 aromatic rings. The van der Waals surface area contributed by atoms with Gasteiger partial charge in [-0.05, 0) is 37.3 Å². The van der Waals surface area contributed by atoms with E-state index in [9.17, 15) is 23.9 Å². The maximum Gasteiger partial charge on any atom is 0.247 e. The van der Waals surface area contributed by atoms with E-state index in [4.69, 9.17) is 11.6 Å². The van der Waals surface area contributed by atoms with Crippen molar-refractivity contribution in [2.75, 3.05) is 11.9 Å². The van der Waals surface area contributed by atoms with Crippen molar-refractivity contribution in [3.63, 3.8) is 0 Å². The minimum Gasteiger partial charge on any atom is -0.389 e. The fourth-order valence-corrected chi connectivity index (χ4v) is 5.41. The molecule has 0 bridgehead atoms. The highest BCUT2D eigenvalue weighted by molar-refractivity contribution is 6.33. The number of isocyanates is 1. The van der Waals surface area contributed by atoms with Crippen molar-refractivity contribution in [3.8, 4) is 11.1 Å². The lowest BCUT2D eigenvalue weighted by Gasteiger charge is -2.24. The quantitative estimate of drug-likeness (QED) is 0.217. The van der Waals surface area contributed by atoms with Crippen LogP contribution < -0.4 is 5.32 Å². The highest BCUT2D eigenvalue weighted by atomic mass is 35.5. The average molecular weight is 579 g/mol. The molecule has 2 N–H and O–H groups in total. The first-order chi connectivity index (χ1) is 19.7. The SMILES string of the molecule is CC(O)c1cn(CC(=O)N2C[C@H](F)C[C@H]2C(=O)Nc2cccc(-c3ccccc3Cl)c2F)c2ccc(N=C=O)cc12. The molecule has 1 fully saturated rings. The Bertz CT molecular complexity index is 1700. The van der Waals surface area contributed by atoms with Crippen molar-refractivity contribution in [3.05, 3.63) is 83.3 Å². The van der Waals surface area contributed by atoms with Crippen LogP contribution in [0, 0.1) is 5.82 Å².